The van der Waals surface area contributed by atoms with Crippen molar-refractivity contribution in [1.29, 1.82) is 0 Å². The smallest absolute Gasteiger partial charge is 0.0854 e. The van der Waals surface area contributed by atoms with E-state index in [0.29, 0.717) is 0 Å². The highest BCUT2D eigenvalue weighted by atomic mass is 79.9. The third-order valence-electron chi connectivity index (χ3n) is 1.91. The summed E-state index contributed by atoms with van der Waals surface area (Å²) in [6.07, 6.45) is -0.365. The van der Waals surface area contributed by atoms with Gasteiger partial charge in [-0.2, -0.15) is 0 Å². The maximum Gasteiger partial charge on any atom is 0.0854 e. The fraction of sp³-hybridized carbons (Fsp3) is 0.200. The zero-order valence-electron chi connectivity index (χ0n) is 7.12. The molecule has 1 aromatic heterocycles. The average Bonchev–Trinajstić information content (AvgIpc) is 2.46. The van der Waals surface area contributed by atoms with E-state index in [9.17, 15) is 5.11 Å². The second-order valence-corrected chi connectivity index (χ2v) is 5.04. The van der Waals surface area contributed by atoms with Crippen LogP contribution in [0.4, 0.5) is 0 Å². The molecule has 0 radical (unpaired) electrons. The van der Waals surface area contributed by atoms with Gasteiger partial charge in [0, 0.05) is 14.0 Å². The van der Waals surface area contributed by atoms with E-state index in [-0.39, 0.29) is 6.10 Å². The van der Waals surface area contributed by atoms with E-state index in [1.165, 1.54) is 10.1 Å². The molecule has 1 aromatic carbocycles. The largest absolute Gasteiger partial charge is 0.388 e. The van der Waals surface area contributed by atoms with Gasteiger partial charge in [0.1, 0.15) is 0 Å². The van der Waals surface area contributed by atoms with Crippen molar-refractivity contribution in [2.24, 2.45) is 0 Å². The standard InChI is InChI=1S/C10H9BrOS/c1-6(12)10-5-7-4-8(11)2-3-9(7)13-10/h2-6,12H,1H3. The number of fused-ring (bicyclic) bond motifs is 1. The summed E-state index contributed by atoms with van der Waals surface area (Å²) in [6, 6.07) is 8.19. The Kier molecular flexibility index (Phi) is 2.41. The lowest BCUT2D eigenvalue weighted by Gasteiger charge is -1.95. The molecule has 2 aromatic rings. The second-order valence-electron chi connectivity index (χ2n) is 3.01. The van der Waals surface area contributed by atoms with E-state index in [2.05, 4.69) is 28.1 Å². The zero-order valence-corrected chi connectivity index (χ0v) is 9.52. The van der Waals surface area contributed by atoms with Crippen LogP contribution in [0.3, 0.4) is 0 Å². The molecule has 1 heterocycles. The molecule has 1 atom stereocenters. The normalized spacial score (nSPS) is 13.5. The highest BCUT2D eigenvalue weighted by molar-refractivity contribution is 9.10. The van der Waals surface area contributed by atoms with E-state index in [1.807, 2.05) is 12.1 Å². The molecule has 0 aliphatic rings. The summed E-state index contributed by atoms with van der Waals surface area (Å²) in [5.41, 5.74) is 0. The van der Waals surface area contributed by atoms with Gasteiger partial charge in [-0.05, 0) is 36.6 Å². The minimum absolute atomic E-state index is 0.365. The Morgan fingerprint density at radius 2 is 2.15 bits per heavy atom. The second kappa shape index (κ2) is 3.40. The Bertz CT molecular complexity index is 433. The lowest BCUT2D eigenvalue weighted by Crippen LogP contribution is -1.83. The van der Waals surface area contributed by atoms with Crippen molar-refractivity contribution in [1.82, 2.24) is 0 Å². The van der Waals surface area contributed by atoms with Gasteiger partial charge < -0.3 is 5.11 Å². The van der Waals surface area contributed by atoms with Gasteiger partial charge in [0.15, 0.2) is 0 Å². The summed E-state index contributed by atoms with van der Waals surface area (Å²) in [6.45, 7) is 1.79. The topological polar surface area (TPSA) is 20.2 Å². The summed E-state index contributed by atoms with van der Waals surface area (Å²) < 4.78 is 2.30. The third-order valence-corrected chi connectivity index (χ3v) is 3.69. The van der Waals surface area contributed by atoms with Gasteiger partial charge in [0.25, 0.3) is 0 Å². The van der Waals surface area contributed by atoms with Gasteiger partial charge in [-0.1, -0.05) is 15.9 Å². The van der Waals surface area contributed by atoms with Crippen LogP contribution in [0.1, 0.15) is 17.9 Å². The van der Waals surface area contributed by atoms with Crippen LogP contribution in [0.25, 0.3) is 10.1 Å². The third kappa shape index (κ3) is 1.77. The van der Waals surface area contributed by atoms with Crippen LogP contribution >= 0.6 is 27.3 Å². The SMILES string of the molecule is CC(O)c1cc2cc(Br)ccc2s1. The lowest BCUT2D eigenvalue weighted by molar-refractivity contribution is 0.203. The number of aliphatic hydroxyl groups is 1. The molecule has 0 fully saturated rings. The van der Waals surface area contributed by atoms with E-state index >= 15 is 0 Å². The minimum Gasteiger partial charge on any atom is -0.388 e. The first-order chi connectivity index (χ1) is 6.16. The van der Waals surface area contributed by atoms with Gasteiger partial charge in [-0.15, -0.1) is 11.3 Å². The molecule has 0 aliphatic carbocycles. The molecule has 1 N–H and O–H groups in total. The number of benzene rings is 1. The number of hydrogen-bond donors (Lipinski definition) is 1. The van der Waals surface area contributed by atoms with Crippen LogP contribution in [-0.2, 0) is 0 Å². The van der Waals surface area contributed by atoms with Gasteiger partial charge in [-0.25, -0.2) is 0 Å². The van der Waals surface area contributed by atoms with E-state index in [1.54, 1.807) is 18.3 Å². The Hall–Kier alpha value is -0.380. The first-order valence-corrected chi connectivity index (χ1v) is 5.65. The van der Waals surface area contributed by atoms with Crippen molar-refractivity contribution in [3.05, 3.63) is 33.6 Å². The Morgan fingerprint density at radius 3 is 2.85 bits per heavy atom. The van der Waals surface area contributed by atoms with Crippen LogP contribution in [-0.4, -0.2) is 5.11 Å². The maximum atomic E-state index is 9.39. The molecule has 0 amide bonds. The van der Waals surface area contributed by atoms with E-state index in [0.717, 1.165) is 9.35 Å². The summed E-state index contributed by atoms with van der Waals surface area (Å²) >= 11 is 5.06. The van der Waals surface area contributed by atoms with Crippen LogP contribution in [0.5, 0.6) is 0 Å². The van der Waals surface area contributed by atoms with Crippen molar-refractivity contribution >= 4 is 37.4 Å². The molecule has 0 saturated carbocycles. The lowest BCUT2D eigenvalue weighted by atomic mass is 10.2. The molecule has 13 heavy (non-hydrogen) atoms. The molecule has 68 valence electrons. The predicted molar refractivity (Wildman–Crippen MR) is 60.2 cm³/mol. The maximum absolute atomic E-state index is 9.39. The fourth-order valence-corrected chi connectivity index (χ4v) is 2.60. The molecular formula is C10H9BrOS. The zero-order chi connectivity index (χ0) is 9.42. The predicted octanol–water partition coefficient (Wildman–Crippen LogP) is 3.72. The number of hydrogen-bond acceptors (Lipinski definition) is 2. The van der Waals surface area contributed by atoms with Crippen molar-refractivity contribution in [3.8, 4) is 0 Å². The molecule has 0 spiro atoms. The van der Waals surface area contributed by atoms with Crippen molar-refractivity contribution in [2.75, 3.05) is 0 Å². The summed E-state index contributed by atoms with van der Waals surface area (Å²) in [4.78, 5) is 1.02. The Morgan fingerprint density at radius 1 is 1.38 bits per heavy atom. The molecule has 1 nitrogen and oxygen atoms in total. The summed E-state index contributed by atoms with van der Waals surface area (Å²) in [5, 5.41) is 10.6. The molecule has 0 bridgehead atoms. The summed E-state index contributed by atoms with van der Waals surface area (Å²) in [7, 11) is 0. The highest BCUT2D eigenvalue weighted by Gasteiger charge is 2.06. The quantitative estimate of drug-likeness (QED) is 0.825. The van der Waals surface area contributed by atoms with Crippen molar-refractivity contribution < 1.29 is 5.11 Å². The summed E-state index contributed by atoms with van der Waals surface area (Å²) in [5.74, 6) is 0. The van der Waals surface area contributed by atoms with E-state index in [4.69, 9.17) is 0 Å². The average molecular weight is 257 g/mol. The van der Waals surface area contributed by atoms with E-state index < -0.39 is 0 Å². The minimum atomic E-state index is -0.365. The molecule has 0 saturated heterocycles. The highest BCUT2D eigenvalue weighted by Crippen LogP contribution is 2.31. The number of halogens is 1. The molecule has 0 aliphatic heterocycles. The first kappa shape index (κ1) is 9.19. The van der Waals surface area contributed by atoms with Crippen LogP contribution in [0.15, 0.2) is 28.7 Å². The van der Waals surface area contributed by atoms with Crippen LogP contribution in [0, 0.1) is 0 Å². The van der Waals surface area contributed by atoms with Crippen molar-refractivity contribution in [2.45, 2.75) is 13.0 Å². The number of aliphatic hydroxyl groups excluding tert-OH is 1. The fourth-order valence-electron chi connectivity index (χ4n) is 1.24. The van der Waals surface area contributed by atoms with Gasteiger partial charge in [0.05, 0.1) is 6.10 Å². The van der Waals surface area contributed by atoms with Crippen LogP contribution < -0.4 is 0 Å². The first-order valence-electron chi connectivity index (χ1n) is 4.04. The number of rotatable bonds is 1. The van der Waals surface area contributed by atoms with Gasteiger partial charge in [-0.3, -0.25) is 0 Å². The van der Waals surface area contributed by atoms with Crippen LogP contribution in [0.2, 0.25) is 0 Å². The van der Waals surface area contributed by atoms with Crippen molar-refractivity contribution in [3.63, 3.8) is 0 Å². The molecule has 1 unspecified atom stereocenters. The molecule has 2 rings (SSSR count). The molecular weight excluding hydrogens is 248 g/mol. The monoisotopic (exact) mass is 256 g/mol. The Labute approximate surface area is 89.1 Å². The van der Waals surface area contributed by atoms with Gasteiger partial charge >= 0.3 is 0 Å². The Balaban J connectivity index is 2.62. The molecule has 3 heteroatoms. The number of thiophene rings is 1. The van der Waals surface area contributed by atoms with Gasteiger partial charge in [0.2, 0.25) is 0 Å².